The average Bonchev–Trinajstić information content (AvgIpc) is 2.88. The van der Waals surface area contributed by atoms with Gasteiger partial charge in [0.2, 0.25) is 0 Å². The number of nitrogens with one attached hydrogen (secondary N) is 1. The van der Waals surface area contributed by atoms with Crippen molar-refractivity contribution in [1.29, 1.82) is 0 Å². The molecule has 1 fully saturated rings. The second kappa shape index (κ2) is 7.60. The van der Waals surface area contributed by atoms with Crippen molar-refractivity contribution in [2.24, 2.45) is 5.92 Å². The Labute approximate surface area is 122 Å². The number of hydrogen-bond acceptors (Lipinski definition) is 4. The molecule has 20 heavy (non-hydrogen) atoms. The first-order chi connectivity index (χ1) is 9.76. The highest BCUT2D eigenvalue weighted by atomic mass is 16.5. The minimum Gasteiger partial charge on any atom is -0.384 e. The Kier molecular flexibility index (Phi) is 5.80. The highest BCUT2D eigenvalue weighted by Gasteiger charge is 2.23. The topological polar surface area (TPSA) is 37.4 Å². The molecule has 2 heterocycles. The molecule has 1 aliphatic heterocycles. The minimum absolute atomic E-state index is 0.643. The van der Waals surface area contributed by atoms with Gasteiger partial charge in [0.15, 0.2) is 0 Å². The lowest BCUT2D eigenvalue weighted by molar-refractivity contribution is 0.161. The quantitative estimate of drug-likeness (QED) is 0.829. The molecule has 2 rings (SSSR count). The van der Waals surface area contributed by atoms with E-state index in [2.05, 4.69) is 29.3 Å². The van der Waals surface area contributed by atoms with Crippen LogP contribution in [0.2, 0.25) is 0 Å². The largest absolute Gasteiger partial charge is 0.384 e. The minimum atomic E-state index is 0.643. The number of hydrogen-bond donors (Lipinski definition) is 1. The van der Waals surface area contributed by atoms with E-state index < -0.39 is 0 Å². The number of nitrogens with zero attached hydrogens (tertiary/aromatic N) is 2. The fraction of sp³-hybridized carbons (Fsp3) is 0.688. The monoisotopic (exact) mass is 277 g/mol. The van der Waals surface area contributed by atoms with Gasteiger partial charge < -0.3 is 15.0 Å². The molecule has 1 N–H and O–H groups in total. The lowest BCUT2D eigenvalue weighted by Gasteiger charge is -2.19. The van der Waals surface area contributed by atoms with Gasteiger partial charge in [-0.15, -0.1) is 0 Å². The van der Waals surface area contributed by atoms with Crippen LogP contribution in [0.3, 0.4) is 0 Å². The van der Waals surface area contributed by atoms with Gasteiger partial charge in [0, 0.05) is 38.4 Å². The summed E-state index contributed by atoms with van der Waals surface area (Å²) >= 11 is 0. The molecule has 4 heteroatoms. The maximum absolute atomic E-state index is 5.28. The van der Waals surface area contributed by atoms with Crippen molar-refractivity contribution in [3.63, 3.8) is 0 Å². The first-order valence-corrected chi connectivity index (χ1v) is 7.65. The van der Waals surface area contributed by atoms with Gasteiger partial charge in [0.05, 0.1) is 6.61 Å². The van der Waals surface area contributed by atoms with Crippen LogP contribution in [-0.4, -0.2) is 38.8 Å². The molecule has 1 aliphatic rings. The summed E-state index contributed by atoms with van der Waals surface area (Å²) in [7, 11) is 3.78. The van der Waals surface area contributed by atoms with Crippen molar-refractivity contribution in [2.75, 3.05) is 38.8 Å². The number of methoxy groups -OCH3 is 1. The van der Waals surface area contributed by atoms with Gasteiger partial charge in [-0.1, -0.05) is 13.3 Å². The summed E-state index contributed by atoms with van der Waals surface area (Å²) in [4.78, 5) is 7.24. The number of anilines is 1. The maximum atomic E-state index is 5.28. The molecule has 1 aromatic heterocycles. The zero-order valence-electron chi connectivity index (χ0n) is 13.0. The molecule has 112 valence electrons. The zero-order chi connectivity index (χ0) is 14.4. The smallest absolute Gasteiger partial charge is 0.129 e. The molecule has 0 aromatic carbocycles. The Balaban J connectivity index is 2.13. The third-order valence-corrected chi connectivity index (χ3v) is 3.82. The molecule has 0 aliphatic carbocycles. The van der Waals surface area contributed by atoms with Crippen molar-refractivity contribution in [3.8, 4) is 0 Å². The van der Waals surface area contributed by atoms with Gasteiger partial charge in [0.25, 0.3) is 0 Å². The fourth-order valence-electron chi connectivity index (χ4n) is 2.90. The van der Waals surface area contributed by atoms with E-state index in [1.165, 1.54) is 17.7 Å². The van der Waals surface area contributed by atoms with Crippen LogP contribution in [0.4, 0.5) is 5.82 Å². The zero-order valence-corrected chi connectivity index (χ0v) is 13.0. The van der Waals surface area contributed by atoms with E-state index in [1.807, 2.05) is 7.05 Å². The highest BCUT2D eigenvalue weighted by Crippen LogP contribution is 2.24. The molecule has 4 nitrogen and oxygen atoms in total. The fourth-order valence-corrected chi connectivity index (χ4v) is 2.90. The summed E-state index contributed by atoms with van der Waals surface area (Å²) in [6, 6.07) is 4.46. The second-order valence-corrected chi connectivity index (χ2v) is 5.66. The van der Waals surface area contributed by atoms with E-state index in [0.717, 1.165) is 44.9 Å². The Morgan fingerprint density at radius 1 is 1.45 bits per heavy atom. The van der Waals surface area contributed by atoms with Gasteiger partial charge in [0.1, 0.15) is 5.82 Å². The molecule has 0 bridgehead atoms. The number of ether oxygens (including phenoxy) is 1. The number of pyridine rings is 1. The van der Waals surface area contributed by atoms with E-state index in [0.29, 0.717) is 5.92 Å². The van der Waals surface area contributed by atoms with Crippen LogP contribution in [0.25, 0.3) is 0 Å². The lowest BCUT2D eigenvalue weighted by Crippen LogP contribution is -2.23. The predicted octanol–water partition coefficient (Wildman–Crippen LogP) is 2.23. The van der Waals surface area contributed by atoms with Crippen molar-refractivity contribution in [1.82, 2.24) is 10.3 Å². The number of aromatic nitrogens is 1. The van der Waals surface area contributed by atoms with E-state index in [4.69, 9.17) is 9.72 Å². The third kappa shape index (κ3) is 3.93. The molecule has 1 unspecified atom stereocenters. The first-order valence-electron chi connectivity index (χ1n) is 7.65. The summed E-state index contributed by atoms with van der Waals surface area (Å²) in [6.45, 7) is 6.12. The van der Waals surface area contributed by atoms with Gasteiger partial charge in [-0.3, -0.25) is 0 Å². The molecular weight excluding hydrogens is 250 g/mol. The Bertz CT molecular complexity index is 398. The average molecular weight is 277 g/mol. The molecule has 1 atom stereocenters. The second-order valence-electron chi connectivity index (χ2n) is 5.66. The molecule has 0 spiro atoms. The van der Waals surface area contributed by atoms with E-state index in [-0.39, 0.29) is 0 Å². The van der Waals surface area contributed by atoms with Crippen LogP contribution in [0.15, 0.2) is 12.1 Å². The Hall–Kier alpha value is -1.13. The molecule has 0 amide bonds. The lowest BCUT2D eigenvalue weighted by atomic mass is 10.1. The van der Waals surface area contributed by atoms with Gasteiger partial charge in [-0.05, 0) is 37.6 Å². The molecule has 1 saturated heterocycles. The molecule has 0 radical (unpaired) electrons. The van der Waals surface area contributed by atoms with Crippen molar-refractivity contribution < 1.29 is 4.74 Å². The van der Waals surface area contributed by atoms with Crippen LogP contribution in [0.1, 0.15) is 31.0 Å². The van der Waals surface area contributed by atoms with E-state index in [9.17, 15) is 0 Å². The standard InChI is InChI=1S/C16H27N3O/c1-4-5-15-8-14(10-17-2)9-16(18-15)19-7-6-13(11-19)12-20-3/h8-9,13,17H,4-7,10-12H2,1-3H3. The summed E-state index contributed by atoms with van der Waals surface area (Å²) in [6.07, 6.45) is 3.40. The summed E-state index contributed by atoms with van der Waals surface area (Å²) < 4.78 is 5.28. The van der Waals surface area contributed by atoms with Crippen LogP contribution in [-0.2, 0) is 17.7 Å². The third-order valence-electron chi connectivity index (χ3n) is 3.82. The van der Waals surface area contributed by atoms with Crippen molar-refractivity contribution in [3.05, 3.63) is 23.4 Å². The van der Waals surface area contributed by atoms with Crippen LogP contribution in [0.5, 0.6) is 0 Å². The Morgan fingerprint density at radius 2 is 2.30 bits per heavy atom. The van der Waals surface area contributed by atoms with Crippen LogP contribution in [0, 0.1) is 5.92 Å². The summed E-state index contributed by atoms with van der Waals surface area (Å²) in [5.74, 6) is 1.78. The van der Waals surface area contributed by atoms with E-state index in [1.54, 1.807) is 7.11 Å². The summed E-state index contributed by atoms with van der Waals surface area (Å²) in [5.41, 5.74) is 2.54. The predicted molar refractivity (Wildman–Crippen MR) is 83.2 cm³/mol. The highest BCUT2D eigenvalue weighted by molar-refractivity contribution is 5.44. The first kappa shape index (κ1) is 15.3. The van der Waals surface area contributed by atoms with Gasteiger partial charge in [-0.2, -0.15) is 0 Å². The van der Waals surface area contributed by atoms with Gasteiger partial charge >= 0.3 is 0 Å². The van der Waals surface area contributed by atoms with Gasteiger partial charge in [-0.25, -0.2) is 4.98 Å². The van der Waals surface area contributed by atoms with Crippen molar-refractivity contribution in [2.45, 2.75) is 32.7 Å². The van der Waals surface area contributed by atoms with Crippen LogP contribution >= 0.6 is 0 Å². The SMILES string of the molecule is CCCc1cc(CNC)cc(N2CCC(COC)C2)n1. The molecule has 1 aromatic rings. The van der Waals surface area contributed by atoms with Crippen LogP contribution < -0.4 is 10.2 Å². The normalized spacial score (nSPS) is 18.8. The number of aryl methyl sites for hydroxylation is 1. The maximum Gasteiger partial charge on any atom is 0.129 e. The van der Waals surface area contributed by atoms with Crippen molar-refractivity contribution >= 4 is 5.82 Å². The summed E-state index contributed by atoms with van der Waals surface area (Å²) in [5, 5.41) is 3.23. The van der Waals surface area contributed by atoms with E-state index >= 15 is 0 Å². The Morgan fingerprint density at radius 3 is 3.00 bits per heavy atom. The number of rotatable bonds is 7. The molecule has 0 saturated carbocycles. The molecular formula is C16H27N3O.